The van der Waals surface area contributed by atoms with Gasteiger partial charge in [-0.05, 0) is 55.2 Å². The highest BCUT2D eigenvalue weighted by Gasteiger charge is 2.26. The number of ether oxygens (including phenoxy) is 1. The molecule has 2 aliphatic rings. The van der Waals surface area contributed by atoms with E-state index in [9.17, 15) is 4.79 Å². The number of nitrogens with zero attached hydrogens (tertiary/aromatic N) is 3. The number of methoxy groups -OCH3 is 1. The van der Waals surface area contributed by atoms with E-state index in [1.54, 1.807) is 7.11 Å². The normalized spacial score (nSPS) is 17.5. The third-order valence-corrected chi connectivity index (χ3v) is 6.38. The molecule has 0 saturated carbocycles. The Morgan fingerprint density at radius 1 is 1.00 bits per heavy atom. The molecule has 1 amide bonds. The molecular weight excluding hydrogens is 386 g/mol. The van der Waals surface area contributed by atoms with Crippen LogP contribution in [0.2, 0.25) is 0 Å². The van der Waals surface area contributed by atoms with Crippen LogP contribution < -0.4 is 9.64 Å². The molecule has 4 rings (SSSR count). The molecule has 0 radical (unpaired) electrons. The smallest absolute Gasteiger partial charge is 0.249 e. The van der Waals surface area contributed by atoms with E-state index in [0.717, 1.165) is 63.6 Å². The summed E-state index contributed by atoms with van der Waals surface area (Å²) in [6, 6.07) is 14.8. The first-order chi connectivity index (χ1) is 15.0. The zero-order valence-corrected chi connectivity index (χ0v) is 18.9. The zero-order chi connectivity index (χ0) is 21.8. The van der Waals surface area contributed by atoms with Crippen molar-refractivity contribution in [1.82, 2.24) is 9.80 Å². The average Bonchev–Trinajstić information content (AvgIpc) is 2.81. The minimum absolute atomic E-state index is 0.224. The van der Waals surface area contributed by atoms with Gasteiger partial charge in [-0.15, -0.1) is 0 Å². The molecule has 0 unspecified atom stereocenters. The quantitative estimate of drug-likeness (QED) is 0.739. The minimum atomic E-state index is 0.224. The van der Waals surface area contributed by atoms with Crippen molar-refractivity contribution < 1.29 is 9.53 Å². The molecule has 0 bridgehead atoms. The van der Waals surface area contributed by atoms with Crippen molar-refractivity contribution >= 4 is 11.6 Å². The first kappa shape index (κ1) is 21.4. The van der Waals surface area contributed by atoms with Crippen LogP contribution in [0.25, 0.3) is 0 Å². The highest BCUT2D eigenvalue weighted by Crippen LogP contribution is 2.24. The Morgan fingerprint density at radius 3 is 2.52 bits per heavy atom. The lowest BCUT2D eigenvalue weighted by atomic mass is 10.0. The molecule has 5 heteroatoms. The van der Waals surface area contributed by atoms with Gasteiger partial charge in [0.2, 0.25) is 5.91 Å². The van der Waals surface area contributed by atoms with Crippen molar-refractivity contribution in [2.75, 3.05) is 51.3 Å². The molecule has 0 N–H and O–H groups in total. The number of benzene rings is 2. The maximum atomic E-state index is 13.1. The molecule has 164 valence electrons. The maximum Gasteiger partial charge on any atom is 0.249 e. The van der Waals surface area contributed by atoms with Crippen molar-refractivity contribution in [2.45, 2.75) is 26.8 Å². The molecule has 1 fully saturated rings. The fourth-order valence-electron chi connectivity index (χ4n) is 4.49. The molecule has 0 atom stereocenters. The highest BCUT2D eigenvalue weighted by molar-refractivity contribution is 5.93. The second-order valence-corrected chi connectivity index (χ2v) is 8.64. The van der Waals surface area contributed by atoms with E-state index in [1.807, 2.05) is 17.0 Å². The van der Waals surface area contributed by atoms with E-state index in [4.69, 9.17) is 4.74 Å². The van der Waals surface area contributed by atoms with Crippen LogP contribution in [-0.2, 0) is 11.3 Å². The van der Waals surface area contributed by atoms with Gasteiger partial charge in [0.25, 0.3) is 0 Å². The molecule has 2 heterocycles. The summed E-state index contributed by atoms with van der Waals surface area (Å²) in [5, 5.41) is 0. The van der Waals surface area contributed by atoms with Crippen molar-refractivity contribution in [3.8, 4) is 5.75 Å². The van der Waals surface area contributed by atoms with Gasteiger partial charge in [0.1, 0.15) is 5.75 Å². The van der Waals surface area contributed by atoms with E-state index in [1.165, 1.54) is 22.4 Å². The summed E-state index contributed by atoms with van der Waals surface area (Å²) in [7, 11) is 1.70. The number of piperazine rings is 1. The molecule has 0 aromatic heterocycles. The van der Waals surface area contributed by atoms with Gasteiger partial charge in [-0.2, -0.15) is 0 Å². The maximum absolute atomic E-state index is 13.1. The topological polar surface area (TPSA) is 36.0 Å². The van der Waals surface area contributed by atoms with Gasteiger partial charge in [0.05, 0.1) is 7.11 Å². The van der Waals surface area contributed by atoms with E-state index in [0.29, 0.717) is 0 Å². The number of anilines is 1. The Kier molecular flexibility index (Phi) is 6.62. The fourth-order valence-corrected chi connectivity index (χ4v) is 4.49. The van der Waals surface area contributed by atoms with E-state index >= 15 is 0 Å². The van der Waals surface area contributed by atoms with Gasteiger partial charge in [0.15, 0.2) is 0 Å². The van der Waals surface area contributed by atoms with Gasteiger partial charge in [-0.25, -0.2) is 0 Å². The predicted octanol–water partition coefficient (Wildman–Crippen LogP) is 3.79. The number of hydrogen-bond acceptors (Lipinski definition) is 4. The van der Waals surface area contributed by atoms with Gasteiger partial charge in [0, 0.05) is 57.1 Å². The average molecular weight is 420 g/mol. The van der Waals surface area contributed by atoms with Crippen LogP contribution in [0.3, 0.4) is 0 Å². The number of hydrogen-bond donors (Lipinski definition) is 0. The highest BCUT2D eigenvalue weighted by atomic mass is 16.5. The Morgan fingerprint density at radius 2 is 1.81 bits per heavy atom. The molecule has 1 saturated heterocycles. The lowest BCUT2D eigenvalue weighted by Crippen LogP contribution is -2.49. The molecule has 2 aromatic carbocycles. The summed E-state index contributed by atoms with van der Waals surface area (Å²) < 4.78 is 5.32. The second kappa shape index (κ2) is 9.56. The summed E-state index contributed by atoms with van der Waals surface area (Å²) in [6.45, 7) is 10.3. The van der Waals surface area contributed by atoms with Gasteiger partial charge >= 0.3 is 0 Å². The van der Waals surface area contributed by atoms with E-state index in [2.05, 4.69) is 60.1 Å². The summed E-state index contributed by atoms with van der Waals surface area (Å²) in [5.41, 5.74) is 6.10. The molecule has 0 spiro atoms. The van der Waals surface area contributed by atoms with E-state index < -0.39 is 0 Å². The van der Waals surface area contributed by atoms with Crippen LogP contribution >= 0.6 is 0 Å². The monoisotopic (exact) mass is 419 g/mol. The minimum Gasteiger partial charge on any atom is -0.497 e. The fraction of sp³-hybridized carbons (Fsp3) is 0.423. The number of amides is 1. The van der Waals surface area contributed by atoms with Crippen molar-refractivity contribution in [3.63, 3.8) is 0 Å². The lowest BCUT2D eigenvalue weighted by molar-refractivity contribution is -0.127. The summed E-state index contributed by atoms with van der Waals surface area (Å²) in [5.74, 6) is 1.11. The van der Waals surface area contributed by atoms with Crippen LogP contribution in [0.4, 0.5) is 5.69 Å². The first-order valence-electron chi connectivity index (χ1n) is 11.2. The third kappa shape index (κ3) is 5.10. The van der Waals surface area contributed by atoms with Crippen LogP contribution in [0.15, 0.2) is 54.1 Å². The Hall–Kier alpha value is -2.79. The number of rotatable bonds is 5. The van der Waals surface area contributed by atoms with Gasteiger partial charge < -0.3 is 14.5 Å². The van der Waals surface area contributed by atoms with Crippen LogP contribution in [0.1, 0.15) is 23.1 Å². The SMILES string of the molecule is COc1cccc(CN2CC=C(C(=O)N3CCN(c4cc(C)ccc4C)CC3)CC2)c1. The predicted molar refractivity (Wildman–Crippen MR) is 126 cm³/mol. The number of carbonyl (C=O) groups is 1. The van der Waals surface area contributed by atoms with Crippen LogP contribution in [0, 0.1) is 13.8 Å². The van der Waals surface area contributed by atoms with Crippen LogP contribution in [-0.4, -0.2) is 62.1 Å². The molecule has 2 aliphatic heterocycles. The Labute approximate surface area is 185 Å². The lowest BCUT2D eigenvalue weighted by Gasteiger charge is -2.38. The standard InChI is InChI=1S/C26H33N3O2/c1-20-7-8-21(2)25(17-20)28-13-15-29(16-14-28)26(30)23-9-11-27(12-10-23)19-22-5-4-6-24(18-22)31-3/h4-9,17-18H,10-16,19H2,1-3H3. The molecule has 0 aliphatic carbocycles. The number of aryl methyl sites for hydroxylation is 2. The first-order valence-corrected chi connectivity index (χ1v) is 11.2. The second-order valence-electron chi connectivity index (χ2n) is 8.64. The molecule has 31 heavy (non-hydrogen) atoms. The summed E-state index contributed by atoms with van der Waals surface area (Å²) in [4.78, 5) is 19.9. The third-order valence-electron chi connectivity index (χ3n) is 6.38. The largest absolute Gasteiger partial charge is 0.497 e. The molecular formula is C26H33N3O2. The number of carbonyl (C=O) groups excluding carboxylic acids is 1. The zero-order valence-electron chi connectivity index (χ0n) is 18.9. The molecule has 2 aromatic rings. The van der Waals surface area contributed by atoms with Gasteiger partial charge in [-0.3, -0.25) is 9.69 Å². The summed E-state index contributed by atoms with van der Waals surface area (Å²) >= 11 is 0. The molecule has 5 nitrogen and oxygen atoms in total. The Bertz CT molecular complexity index is 961. The van der Waals surface area contributed by atoms with Crippen LogP contribution in [0.5, 0.6) is 5.75 Å². The van der Waals surface area contributed by atoms with Crippen molar-refractivity contribution in [2.24, 2.45) is 0 Å². The van der Waals surface area contributed by atoms with Gasteiger partial charge in [-0.1, -0.05) is 30.3 Å². The Balaban J connectivity index is 1.31. The van der Waals surface area contributed by atoms with E-state index in [-0.39, 0.29) is 5.91 Å². The van der Waals surface area contributed by atoms with Crippen molar-refractivity contribution in [3.05, 3.63) is 70.8 Å². The van der Waals surface area contributed by atoms with Crippen molar-refractivity contribution in [1.29, 1.82) is 0 Å². The summed E-state index contributed by atoms with van der Waals surface area (Å²) in [6.07, 6.45) is 2.95.